The van der Waals surface area contributed by atoms with Crippen LogP contribution in [0.15, 0.2) is 61.5 Å². The minimum Gasteiger partial charge on any atom is -0.477 e. The smallest absolute Gasteiger partial charge is 0.355 e. The standard InChI is InChI=1S/C18H16N4O9S2/c1-9-7-8-11(10(2)16(9)33(29,30)31)19-20-14-15(18(24)25)21-22(17(14)23)12-5-3-4-6-13(12)32(26,27)28/h3-8,14H,1-2H3,(H,24,25)(H,26,27,28)(H,29,30,31). The summed E-state index contributed by atoms with van der Waals surface area (Å²) in [5, 5.41) is 21.0. The summed E-state index contributed by atoms with van der Waals surface area (Å²) in [6, 6.07) is 5.63. The summed E-state index contributed by atoms with van der Waals surface area (Å²) in [6.45, 7) is 2.78. The highest BCUT2D eigenvalue weighted by Crippen LogP contribution is 2.31. The van der Waals surface area contributed by atoms with Crippen LogP contribution >= 0.6 is 0 Å². The van der Waals surface area contributed by atoms with Gasteiger partial charge in [0.1, 0.15) is 9.79 Å². The van der Waals surface area contributed by atoms with Crippen LogP contribution in [-0.2, 0) is 29.8 Å². The van der Waals surface area contributed by atoms with Gasteiger partial charge < -0.3 is 5.11 Å². The number of carboxylic acid groups (broad SMARTS) is 1. The molecule has 0 saturated carbocycles. The number of hydrazone groups is 1. The molecule has 2 aromatic carbocycles. The Morgan fingerprint density at radius 2 is 1.67 bits per heavy atom. The number of hydrogen-bond acceptors (Lipinski definition) is 9. The van der Waals surface area contributed by atoms with E-state index in [1.807, 2.05) is 0 Å². The van der Waals surface area contributed by atoms with Gasteiger partial charge in [0.25, 0.3) is 26.1 Å². The molecule has 1 atom stereocenters. The maximum atomic E-state index is 12.9. The van der Waals surface area contributed by atoms with Gasteiger partial charge >= 0.3 is 5.97 Å². The number of amides is 1. The second-order valence-corrected chi connectivity index (χ2v) is 9.58. The molecule has 3 N–H and O–H groups in total. The van der Waals surface area contributed by atoms with Crippen molar-refractivity contribution in [2.45, 2.75) is 29.7 Å². The summed E-state index contributed by atoms with van der Waals surface area (Å²) in [7, 11) is -9.38. The minimum atomic E-state index is -4.78. The molecule has 0 saturated heterocycles. The van der Waals surface area contributed by atoms with Crippen LogP contribution in [-0.4, -0.2) is 54.7 Å². The number of nitrogens with zero attached hydrogens (tertiary/aromatic N) is 4. The third kappa shape index (κ3) is 4.65. The zero-order chi connectivity index (χ0) is 24.7. The van der Waals surface area contributed by atoms with E-state index in [-0.39, 0.29) is 16.8 Å². The van der Waals surface area contributed by atoms with Crippen LogP contribution < -0.4 is 5.01 Å². The third-order valence-corrected chi connectivity index (χ3v) is 6.66. The summed E-state index contributed by atoms with van der Waals surface area (Å²) < 4.78 is 65.4. The molecular weight excluding hydrogens is 480 g/mol. The number of anilines is 1. The molecule has 15 heteroatoms. The Morgan fingerprint density at radius 1 is 1.03 bits per heavy atom. The molecule has 1 aliphatic rings. The fourth-order valence-electron chi connectivity index (χ4n) is 3.17. The number of benzene rings is 2. The van der Waals surface area contributed by atoms with Crippen molar-refractivity contribution >= 4 is 49.2 Å². The molecule has 0 radical (unpaired) electrons. The Labute approximate surface area is 187 Å². The van der Waals surface area contributed by atoms with Crippen molar-refractivity contribution < 1.29 is 40.6 Å². The Kier molecular flexibility index (Phi) is 6.16. The third-order valence-electron chi connectivity index (χ3n) is 4.61. The van der Waals surface area contributed by atoms with Crippen molar-refractivity contribution in [1.82, 2.24) is 0 Å². The topological polar surface area (TPSA) is 203 Å². The first kappa shape index (κ1) is 24.1. The number of hydrogen-bond donors (Lipinski definition) is 3. The van der Waals surface area contributed by atoms with Crippen LogP contribution in [0.5, 0.6) is 0 Å². The molecule has 0 bridgehead atoms. The van der Waals surface area contributed by atoms with E-state index in [0.29, 0.717) is 5.01 Å². The summed E-state index contributed by atoms with van der Waals surface area (Å²) in [5.74, 6) is -2.72. The lowest BCUT2D eigenvalue weighted by Gasteiger charge is -2.15. The quantitative estimate of drug-likeness (QED) is 0.393. The molecule has 13 nitrogen and oxygen atoms in total. The molecule has 0 aliphatic carbocycles. The van der Waals surface area contributed by atoms with Gasteiger partial charge in [-0.05, 0) is 43.2 Å². The molecule has 3 rings (SSSR count). The number of aliphatic carboxylic acids is 1. The Bertz CT molecular complexity index is 1450. The Hall–Kier alpha value is -3.53. The van der Waals surface area contributed by atoms with Gasteiger partial charge in [-0.2, -0.15) is 37.2 Å². The van der Waals surface area contributed by atoms with Crippen LogP contribution in [0, 0.1) is 13.8 Å². The van der Waals surface area contributed by atoms with Crippen molar-refractivity contribution in [1.29, 1.82) is 0 Å². The van der Waals surface area contributed by atoms with Crippen molar-refractivity contribution in [2.24, 2.45) is 15.3 Å². The van der Waals surface area contributed by atoms with Gasteiger partial charge in [0.05, 0.1) is 11.4 Å². The number of aryl methyl sites for hydroxylation is 1. The van der Waals surface area contributed by atoms with Gasteiger partial charge in [0, 0.05) is 0 Å². The Balaban J connectivity index is 2.07. The SMILES string of the molecule is Cc1ccc(N=NC2C(=O)N(c3ccccc3S(=O)(=O)O)N=C2C(=O)O)c(C)c1S(=O)(=O)O. The Morgan fingerprint density at radius 3 is 2.24 bits per heavy atom. The molecule has 0 spiro atoms. The van der Waals surface area contributed by atoms with Gasteiger partial charge in [-0.15, -0.1) is 0 Å². The number of carbonyl (C=O) groups excluding carboxylic acids is 1. The highest BCUT2D eigenvalue weighted by Gasteiger charge is 2.42. The van der Waals surface area contributed by atoms with Crippen LogP contribution in [0.2, 0.25) is 0 Å². The molecule has 1 heterocycles. The highest BCUT2D eigenvalue weighted by atomic mass is 32.2. The van der Waals surface area contributed by atoms with E-state index in [4.69, 9.17) is 0 Å². The number of carboxylic acids is 1. The number of azo groups is 1. The van der Waals surface area contributed by atoms with Crippen LogP contribution in [0.25, 0.3) is 0 Å². The van der Waals surface area contributed by atoms with Gasteiger partial charge in [-0.3, -0.25) is 13.9 Å². The van der Waals surface area contributed by atoms with Crippen molar-refractivity contribution in [2.75, 3.05) is 5.01 Å². The predicted molar refractivity (Wildman–Crippen MR) is 113 cm³/mol. The molecule has 174 valence electrons. The maximum Gasteiger partial charge on any atom is 0.355 e. The van der Waals surface area contributed by atoms with Crippen molar-refractivity contribution in [3.8, 4) is 0 Å². The summed E-state index contributed by atoms with van der Waals surface area (Å²) in [6.07, 6.45) is 0. The lowest BCUT2D eigenvalue weighted by atomic mass is 10.1. The van der Waals surface area contributed by atoms with Gasteiger partial charge in [0.2, 0.25) is 6.04 Å². The van der Waals surface area contributed by atoms with E-state index in [2.05, 4.69) is 15.3 Å². The highest BCUT2D eigenvalue weighted by molar-refractivity contribution is 7.86. The average molecular weight is 496 g/mol. The molecule has 1 aliphatic heterocycles. The van der Waals surface area contributed by atoms with Gasteiger partial charge in [-0.1, -0.05) is 18.2 Å². The number of para-hydroxylation sites is 1. The maximum absolute atomic E-state index is 12.9. The van der Waals surface area contributed by atoms with E-state index in [0.717, 1.165) is 12.1 Å². The first-order chi connectivity index (χ1) is 15.2. The van der Waals surface area contributed by atoms with E-state index < -0.39 is 59.3 Å². The second kappa shape index (κ2) is 8.43. The van der Waals surface area contributed by atoms with Crippen LogP contribution in [0.1, 0.15) is 11.1 Å². The molecule has 1 amide bonds. The summed E-state index contributed by atoms with van der Waals surface area (Å²) >= 11 is 0. The molecule has 1 unspecified atom stereocenters. The monoisotopic (exact) mass is 496 g/mol. The molecular formula is C18H16N4O9S2. The first-order valence-corrected chi connectivity index (χ1v) is 11.8. The lowest BCUT2D eigenvalue weighted by molar-refractivity contribution is -0.130. The second-order valence-electron chi connectivity index (χ2n) is 6.83. The minimum absolute atomic E-state index is 0.00841. The van der Waals surface area contributed by atoms with Gasteiger partial charge in [-0.25, -0.2) is 4.79 Å². The predicted octanol–water partition coefficient (Wildman–Crippen LogP) is 1.74. The first-order valence-electron chi connectivity index (χ1n) is 8.94. The van der Waals surface area contributed by atoms with Crippen LogP contribution in [0.4, 0.5) is 11.4 Å². The molecule has 0 fully saturated rings. The lowest BCUT2D eigenvalue weighted by Crippen LogP contribution is -2.33. The largest absolute Gasteiger partial charge is 0.477 e. The zero-order valence-corrected chi connectivity index (χ0v) is 18.6. The summed E-state index contributed by atoms with van der Waals surface area (Å²) in [4.78, 5) is 23.4. The molecule has 0 aromatic heterocycles. The molecule has 33 heavy (non-hydrogen) atoms. The van der Waals surface area contributed by atoms with Crippen LogP contribution in [0.3, 0.4) is 0 Å². The number of rotatable bonds is 6. The fourth-order valence-corrected chi connectivity index (χ4v) is 4.81. The average Bonchev–Trinajstić information content (AvgIpc) is 3.02. The van der Waals surface area contributed by atoms with E-state index in [1.54, 1.807) is 0 Å². The van der Waals surface area contributed by atoms with E-state index in [9.17, 15) is 40.6 Å². The van der Waals surface area contributed by atoms with Gasteiger partial charge in [0.15, 0.2) is 5.71 Å². The van der Waals surface area contributed by atoms with Crippen molar-refractivity contribution in [3.05, 3.63) is 47.5 Å². The van der Waals surface area contributed by atoms with E-state index in [1.165, 1.54) is 38.1 Å². The zero-order valence-electron chi connectivity index (χ0n) is 16.9. The summed E-state index contributed by atoms with van der Waals surface area (Å²) in [5.41, 5.74) is -1.02. The molecule has 2 aromatic rings. The number of carbonyl (C=O) groups is 2. The normalized spacial score (nSPS) is 17.0. The van der Waals surface area contributed by atoms with Crippen molar-refractivity contribution in [3.63, 3.8) is 0 Å². The van der Waals surface area contributed by atoms with E-state index >= 15 is 0 Å². The fraction of sp³-hybridized carbons (Fsp3) is 0.167.